The van der Waals surface area contributed by atoms with E-state index >= 15 is 0 Å². The molecule has 0 rings (SSSR count). The number of hydrogen-bond donors (Lipinski definition) is 1. The van der Waals surface area contributed by atoms with E-state index in [0.717, 1.165) is 12.1 Å². The predicted octanol–water partition coefficient (Wildman–Crippen LogP) is -0.0591. The third kappa shape index (κ3) is 6.76. The summed E-state index contributed by atoms with van der Waals surface area (Å²) < 4.78 is 8.60. The highest BCUT2D eigenvalue weighted by Gasteiger charge is 2.14. The summed E-state index contributed by atoms with van der Waals surface area (Å²) in [6.45, 7) is 0.744. The van der Waals surface area contributed by atoms with Crippen molar-refractivity contribution in [2.75, 3.05) is 20.7 Å². The van der Waals surface area contributed by atoms with Crippen LogP contribution in [-0.2, 0) is 19.1 Å². The Hall–Kier alpha value is -2.26. The van der Waals surface area contributed by atoms with E-state index in [1.54, 1.807) is 0 Å². The monoisotopic (exact) mass is 251 g/mol. The standard InChI is InChI=1S/C7H13N3O7/c1-5(16-7(13)15-3)17-8-10(14)9(2)4-6(11)12/h5H,4H2,1-3H3,(H,11,12)/b10-8-. The molecule has 0 saturated heterocycles. The quantitative estimate of drug-likeness (QED) is 0.229. The van der Waals surface area contributed by atoms with E-state index in [1.165, 1.54) is 14.0 Å². The number of hydrazine groups is 1. The normalized spacial score (nSPS) is 12.5. The minimum atomic E-state index is -1.21. The van der Waals surface area contributed by atoms with E-state index in [0.29, 0.717) is 0 Å². The number of ether oxygens (including phenoxy) is 2. The van der Waals surface area contributed by atoms with Crippen LogP contribution in [0, 0.1) is 5.21 Å². The lowest BCUT2D eigenvalue weighted by Crippen LogP contribution is -2.32. The van der Waals surface area contributed by atoms with Gasteiger partial charge in [-0.15, -0.1) is 5.01 Å². The van der Waals surface area contributed by atoms with Crippen molar-refractivity contribution in [1.29, 1.82) is 0 Å². The van der Waals surface area contributed by atoms with Gasteiger partial charge >= 0.3 is 12.1 Å². The minimum Gasteiger partial charge on any atom is -0.569 e. The molecule has 1 N–H and O–H groups in total. The Morgan fingerprint density at radius 3 is 2.65 bits per heavy atom. The second kappa shape index (κ2) is 7.09. The summed E-state index contributed by atoms with van der Waals surface area (Å²) >= 11 is 0. The molecule has 1 atom stereocenters. The number of carboxylic acid groups (broad SMARTS) is 1. The zero-order chi connectivity index (χ0) is 13.4. The molecule has 10 heteroatoms. The molecule has 0 aliphatic heterocycles. The van der Waals surface area contributed by atoms with Gasteiger partial charge in [-0.05, 0) is 0 Å². The van der Waals surface area contributed by atoms with Crippen molar-refractivity contribution in [2.24, 2.45) is 5.28 Å². The topological polar surface area (TPSA) is 124 Å². The number of carboxylic acids is 1. The first kappa shape index (κ1) is 14.7. The highest BCUT2D eigenvalue weighted by molar-refractivity contribution is 5.68. The largest absolute Gasteiger partial charge is 0.569 e. The van der Waals surface area contributed by atoms with Gasteiger partial charge in [0, 0.05) is 6.92 Å². The molecule has 0 aromatic heterocycles. The lowest BCUT2D eigenvalue weighted by molar-refractivity contribution is -0.705. The Bertz CT molecular complexity index is 306. The van der Waals surface area contributed by atoms with E-state index in [9.17, 15) is 14.8 Å². The summed E-state index contributed by atoms with van der Waals surface area (Å²) in [6.07, 6.45) is -2.14. The van der Waals surface area contributed by atoms with E-state index in [1.807, 2.05) is 0 Å². The summed E-state index contributed by atoms with van der Waals surface area (Å²) in [5.41, 5.74) is 0. The van der Waals surface area contributed by atoms with Crippen LogP contribution in [0.25, 0.3) is 0 Å². The van der Waals surface area contributed by atoms with Crippen LogP contribution in [0.5, 0.6) is 0 Å². The van der Waals surface area contributed by atoms with Crippen molar-refractivity contribution in [1.82, 2.24) is 5.01 Å². The van der Waals surface area contributed by atoms with Gasteiger partial charge < -0.3 is 19.8 Å². The van der Waals surface area contributed by atoms with Gasteiger partial charge in [-0.2, -0.15) is 0 Å². The van der Waals surface area contributed by atoms with Gasteiger partial charge in [-0.3, -0.25) is 9.63 Å². The van der Waals surface area contributed by atoms with Gasteiger partial charge in [-0.25, -0.2) is 4.79 Å². The predicted molar refractivity (Wildman–Crippen MR) is 50.4 cm³/mol. The molecular weight excluding hydrogens is 238 g/mol. The second-order valence-corrected chi connectivity index (χ2v) is 2.79. The van der Waals surface area contributed by atoms with Crippen molar-refractivity contribution < 1.29 is 34.0 Å². The maximum absolute atomic E-state index is 11.1. The van der Waals surface area contributed by atoms with Crippen molar-refractivity contribution in [3.63, 3.8) is 0 Å². The molecule has 0 fully saturated rings. The van der Waals surface area contributed by atoms with Crippen LogP contribution in [0.3, 0.4) is 0 Å². The van der Waals surface area contributed by atoms with Gasteiger partial charge in [0.25, 0.3) is 6.29 Å². The van der Waals surface area contributed by atoms with Crippen molar-refractivity contribution >= 4 is 12.1 Å². The molecule has 0 radical (unpaired) electrons. The molecule has 0 spiro atoms. The molecule has 0 heterocycles. The lowest BCUT2D eigenvalue weighted by Gasteiger charge is -2.11. The molecule has 0 saturated carbocycles. The average molecular weight is 251 g/mol. The van der Waals surface area contributed by atoms with Gasteiger partial charge in [0.2, 0.25) is 5.28 Å². The summed E-state index contributed by atoms with van der Waals surface area (Å²) in [6, 6.07) is 0. The minimum absolute atomic E-state index is 0.0920. The summed E-state index contributed by atoms with van der Waals surface area (Å²) in [5, 5.41) is 23.1. The molecule has 0 aromatic rings. The molecule has 0 aliphatic rings. The average Bonchev–Trinajstić information content (AvgIpc) is 2.24. The van der Waals surface area contributed by atoms with Crippen LogP contribution >= 0.6 is 0 Å². The summed E-state index contributed by atoms with van der Waals surface area (Å²) in [5.74, 6) is -1.21. The van der Waals surface area contributed by atoms with Crippen LogP contribution < -0.4 is 0 Å². The Balaban J connectivity index is 4.13. The summed E-state index contributed by atoms with van der Waals surface area (Å²) in [4.78, 5) is 25.2. The summed E-state index contributed by atoms with van der Waals surface area (Å²) in [7, 11) is 2.30. The lowest BCUT2D eigenvalue weighted by atomic mass is 10.7. The number of carbonyl (C=O) groups excluding carboxylic acids is 1. The zero-order valence-corrected chi connectivity index (χ0v) is 9.52. The molecule has 17 heavy (non-hydrogen) atoms. The van der Waals surface area contributed by atoms with Gasteiger partial charge in [0.1, 0.15) is 0 Å². The fourth-order valence-electron chi connectivity index (χ4n) is 0.630. The molecule has 0 aliphatic carbocycles. The molecule has 10 nitrogen and oxygen atoms in total. The molecule has 0 aromatic carbocycles. The first-order valence-corrected chi connectivity index (χ1v) is 4.38. The van der Waals surface area contributed by atoms with Crippen LogP contribution in [-0.4, -0.2) is 54.2 Å². The van der Waals surface area contributed by atoms with E-state index in [4.69, 9.17) is 5.11 Å². The number of aliphatic carboxylic acids is 1. The Kier molecular flexibility index (Phi) is 6.14. The van der Waals surface area contributed by atoms with Crippen LogP contribution in [0.2, 0.25) is 0 Å². The van der Waals surface area contributed by atoms with E-state index in [2.05, 4.69) is 19.6 Å². The smallest absolute Gasteiger partial charge is 0.511 e. The third-order valence-corrected chi connectivity index (χ3v) is 1.35. The van der Waals surface area contributed by atoms with E-state index in [-0.39, 0.29) is 4.97 Å². The number of carbonyl (C=O) groups is 2. The Morgan fingerprint density at radius 1 is 1.59 bits per heavy atom. The first-order valence-electron chi connectivity index (χ1n) is 4.38. The zero-order valence-electron chi connectivity index (χ0n) is 9.52. The maximum Gasteiger partial charge on any atom is 0.511 e. The van der Waals surface area contributed by atoms with E-state index < -0.39 is 25.0 Å². The number of nitrogens with zero attached hydrogens (tertiary/aromatic N) is 3. The highest BCUT2D eigenvalue weighted by Crippen LogP contribution is 1.97. The van der Waals surface area contributed by atoms with Crippen molar-refractivity contribution in [3.05, 3.63) is 5.21 Å². The fraction of sp³-hybridized carbons (Fsp3) is 0.714. The third-order valence-electron chi connectivity index (χ3n) is 1.35. The first-order chi connectivity index (χ1) is 7.86. The van der Waals surface area contributed by atoms with Gasteiger partial charge in [-0.1, -0.05) is 0 Å². The Labute approximate surface area is 96.5 Å². The number of methoxy groups -OCH3 is 1. The van der Waals surface area contributed by atoms with Gasteiger partial charge in [0.05, 0.1) is 19.1 Å². The number of rotatable bonds is 6. The van der Waals surface area contributed by atoms with Gasteiger partial charge in [0.15, 0.2) is 6.54 Å². The van der Waals surface area contributed by atoms with Crippen molar-refractivity contribution in [3.8, 4) is 0 Å². The molecule has 98 valence electrons. The molecule has 0 bridgehead atoms. The highest BCUT2D eigenvalue weighted by atomic mass is 16.8. The number of likely N-dealkylation sites (N-methyl/N-ethyl adjacent to an activating group) is 1. The van der Waals surface area contributed by atoms with Crippen LogP contribution in [0.1, 0.15) is 6.92 Å². The second-order valence-electron chi connectivity index (χ2n) is 2.79. The number of hydrogen-bond acceptors (Lipinski definition) is 7. The van der Waals surface area contributed by atoms with Crippen LogP contribution in [0.4, 0.5) is 4.79 Å². The molecular formula is C7H13N3O7. The maximum atomic E-state index is 11.1. The SMILES string of the molecule is COC(=O)OC(C)O/N=[N+](\[O-])N(C)CC(=O)O. The van der Waals surface area contributed by atoms with Crippen LogP contribution in [0.15, 0.2) is 5.28 Å². The Morgan fingerprint density at radius 2 is 2.18 bits per heavy atom. The van der Waals surface area contributed by atoms with Crippen molar-refractivity contribution in [2.45, 2.75) is 13.2 Å². The molecule has 0 amide bonds. The molecule has 1 unspecified atom stereocenters. The fourth-order valence-corrected chi connectivity index (χ4v) is 0.630.